The third-order valence-electron chi connectivity index (χ3n) is 2.33. The molecule has 0 bridgehead atoms. The SMILES string of the molecule is C=C(C)CC(N)c1cccc(OCCC)c1. The third kappa shape index (κ3) is 4.07. The van der Waals surface area contributed by atoms with Crippen LogP contribution in [0, 0.1) is 0 Å². The van der Waals surface area contributed by atoms with Gasteiger partial charge in [0.2, 0.25) is 0 Å². The Morgan fingerprint density at radius 1 is 1.50 bits per heavy atom. The molecule has 2 N–H and O–H groups in total. The number of rotatable bonds is 6. The van der Waals surface area contributed by atoms with E-state index in [9.17, 15) is 0 Å². The lowest BCUT2D eigenvalue weighted by Crippen LogP contribution is -2.10. The number of hydrogen-bond donors (Lipinski definition) is 1. The molecule has 0 saturated carbocycles. The van der Waals surface area contributed by atoms with Gasteiger partial charge in [-0.2, -0.15) is 0 Å². The molecule has 2 heteroatoms. The molecule has 0 aliphatic rings. The Morgan fingerprint density at radius 2 is 2.25 bits per heavy atom. The molecule has 0 aromatic heterocycles. The summed E-state index contributed by atoms with van der Waals surface area (Å²) in [5.41, 5.74) is 8.29. The first kappa shape index (κ1) is 12.8. The van der Waals surface area contributed by atoms with Gasteiger partial charge in [-0.05, 0) is 37.5 Å². The van der Waals surface area contributed by atoms with Crippen LogP contribution in [0.15, 0.2) is 36.4 Å². The predicted octanol–water partition coefficient (Wildman–Crippen LogP) is 3.44. The lowest BCUT2D eigenvalue weighted by Gasteiger charge is -2.13. The van der Waals surface area contributed by atoms with Gasteiger partial charge in [0.25, 0.3) is 0 Å². The number of nitrogens with two attached hydrogens (primary N) is 1. The van der Waals surface area contributed by atoms with Crippen LogP contribution in [0.2, 0.25) is 0 Å². The molecule has 1 atom stereocenters. The molecule has 0 fully saturated rings. The van der Waals surface area contributed by atoms with Crippen molar-refractivity contribution in [2.45, 2.75) is 32.7 Å². The van der Waals surface area contributed by atoms with Gasteiger partial charge in [-0.15, -0.1) is 6.58 Å². The first-order chi connectivity index (χ1) is 7.63. The molecule has 1 aromatic carbocycles. The van der Waals surface area contributed by atoms with E-state index in [1.165, 1.54) is 0 Å². The topological polar surface area (TPSA) is 35.2 Å². The first-order valence-electron chi connectivity index (χ1n) is 5.76. The lowest BCUT2D eigenvalue weighted by molar-refractivity contribution is 0.317. The molecule has 0 saturated heterocycles. The van der Waals surface area contributed by atoms with Crippen LogP contribution < -0.4 is 10.5 Å². The van der Waals surface area contributed by atoms with Crippen molar-refractivity contribution >= 4 is 0 Å². The minimum Gasteiger partial charge on any atom is -0.494 e. The van der Waals surface area contributed by atoms with Crippen LogP contribution in [0.5, 0.6) is 5.75 Å². The largest absolute Gasteiger partial charge is 0.494 e. The second-order valence-electron chi connectivity index (χ2n) is 4.19. The highest BCUT2D eigenvalue weighted by molar-refractivity contribution is 5.31. The highest BCUT2D eigenvalue weighted by Gasteiger charge is 2.06. The van der Waals surface area contributed by atoms with Gasteiger partial charge in [-0.25, -0.2) is 0 Å². The van der Waals surface area contributed by atoms with Gasteiger partial charge in [-0.3, -0.25) is 0 Å². The molecule has 1 rings (SSSR count). The Morgan fingerprint density at radius 3 is 2.88 bits per heavy atom. The Hall–Kier alpha value is -1.28. The molecule has 88 valence electrons. The molecular formula is C14H21NO. The van der Waals surface area contributed by atoms with Crippen molar-refractivity contribution in [3.63, 3.8) is 0 Å². The van der Waals surface area contributed by atoms with Gasteiger partial charge >= 0.3 is 0 Å². The van der Waals surface area contributed by atoms with Crippen LogP contribution in [-0.4, -0.2) is 6.61 Å². The van der Waals surface area contributed by atoms with Gasteiger partial charge < -0.3 is 10.5 Å². The van der Waals surface area contributed by atoms with E-state index in [-0.39, 0.29) is 6.04 Å². The summed E-state index contributed by atoms with van der Waals surface area (Å²) in [7, 11) is 0. The van der Waals surface area contributed by atoms with Crippen molar-refractivity contribution in [1.29, 1.82) is 0 Å². The smallest absolute Gasteiger partial charge is 0.119 e. The van der Waals surface area contributed by atoms with Crippen molar-refractivity contribution in [3.8, 4) is 5.75 Å². The average molecular weight is 219 g/mol. The number of hydrogen-bond acceptors (Lipinski definition) is 2. The lowest BCUT2D eigenvalue weighted by atomic mass is 10.0. The maximum atomic E-state index is 6.08. The molecule has 2 nitrogen and oxygen atoms in total. The van der Waals surface area contributed by atoms with Crippen LogP contribution in [0.25, 0.3) is 0 Å². The van der Waals surface area contributed by atoms with E-state index >= 15 is 0 Å². The van der Waals surface area contributed by atoms with Crippen molar-refractivity contribution in [2.75, 3.05) is 6.61 Å². The van der Waals surface area contributed by atoms with E-state index in [1.807, 2.05) is 31.2 Å². The highest BCUT2D eigenvalue weighted by atomic mass is 16.5. The zero-order chi connectivity index (χ0) is 12.0. The zero-order valence-electron chi connectivity index (χ0n) is 10.2. The molecule has 0 aliphatic carbocycles. The third-order valence-corrected chi connectivity index (χ3v) is 2.33. The van der Waals surface area contributed by atoms with E-state index in [1.54, 1.807) is 0 Å². The monoisotopic (exact) mass is 219 g/mol. The minimum atomic E-state index is 0.0164. The molecular weight excluding hydrogens is 198 g/mol. The maximum Gasteiger partial charge on any atom is 0.119 e. The second kappa shape index (κ2) is 6.33. The van der Waals surface area contributed by atoms with E-state index in [4.69, 9.17) is 10.5 Å². The van der Waals surface area contributed by atoms with Crippen LogP contribution in [0.1, 0.15) is 38.3 Å². The fraction of sp³-hybridized carbons (Fsp3) is 0.429. The molecule has 1 unspecified atom stereocenters. The standard InChI is InChI=1S/C14H21NO/c1-4-8-16-13-7-5-6-12(10-13)14(15)9-11(2)3/h5-7,10,14H,2,4,8-9,15H2,1,3H3. The number of benzene rings is 1. The summed E-state index contributed by atoms with van der Waals surface area (Å²) in [5.74, 6) is 0.900. The van der Waals surface area contributed by atoms with Gasteiger partial charge in [0, 0.05) is 6.04 Å². The Bertz CT molecular complexity index is 346. The van der Waals surface area contributed by atoms with Crippen LogP contribution in [-0.2, 0) is 0 Å². The average Bonchev–Trinajstić information content (AvgIpc) is 2.26. The predicted molar refractivity (Wildman–Crippen MR) is 68.6 cm³/mol. The Labute approximate surface area is 98.1 Å². The van der Waals surface area contributed by atoms with E-state index in [0.29, 0.717) is 0 Å². The van der Waals surface area contributed by atoms with Crippen LogP contribution >= 0.6 is 0 Å². The summed E-state index contributed by atoms with van der Waals surface area (Å²) in [4.78, 5) is 0. The normalized spacial score (nSPS) is 12.2. The van der Waals surface area contributed by atoms with Crippen molar-refractivity contribution < 1.29 is 4.74 Å². The molecule has 1 aromatic rings. The Balaban J connectivity index is 2.69. The fourth-order valence-corrected chi connectivity index (χ4v) is 1.55. The van der Waals surface area contributed by atoms with Gasteiger partial charge in [0.05, 0.1) is 6.61 Å². The van der Waals surface area contributed by atoms with Gasteiger partial charge in [0.15, 0.2) is 0 Å². The summed E-state index contributed by atoms with van der Waals surface area (Å²) in [6.45, 7) is 8.72. The summed E-state index contributed by atoms with van der Waals surface area (Å²) in [5, 5.41) is 0. The van der Waals surface area contributed by atoms with Gasteiger partial charge in [-0.1, -0.05) is 24.6 Å². The zero-order valence-corrected chi connectivity index (χ0v) is 10.2. The van der Waals surface area contributed by atoms with E-state index in [0.717, 1.165) is 36.3 Å². The molecule has 16 heavy (non-hydrogen) atoms. The van der Waals surface area contributed by atoms with Gasteiger partial charge in [0.1, 0.15) is 5.75 Å². The fourth-order valence-electron chi connectivity index (χ4n) is 1.55. The first-order valence-corrected chi connectivity index (χ1v) is 5.76. The molecule has 0 spiro atoms. The summed E-state index contributed by atoms with van der Waals surface area (Å²) < 4.78 is 5.57. The molecule has 0 aliphatic heterocycles. The van der Waals surface area contributed by atoms with Crippen molar-refractivity contribution in [1.82, 2.24) is 0 Å². The quantitative estimate of drug-likeness (QED) is 0.744. The van der Waals surface area contributed by atoms with E-state index < -0.39 is 0 Å². The van der Waals surface area contributed by atoms with Crippen molar-refractivity contribution in [3.05, 3.63) is 42.0 Å². The van der Waals surface area contributed by atoms with Crippen LogP contribution in [0.3, 0.4) is 0 Å². The van der Waals surface area contributed by atoms with Crippen molar-refractivity contribution in [2.24, 2.45) is 5.73 Å². The summed E-state index contributed by atoms with van der Waals surface area (Å²) in [6, 6.07) is 8.02. The minimum absolute atomic E-state index is 0.0164. The Kier molecular flexibility index (Phi) is 5.06. The molecule has 0 heterocycles. The molecule has 0 radical (unpaired) electrons. The summed E-state index contributed by atoms with van der Waals surface area (Å²) >= 11 is 0. The maximum absolute atomic E-state index is 6.08. The van der Waals surface area contributed by atoms with E-state index in [2.05, 4.69) is 13.5 Å². The molecule has 0 amide bonds. The number of ether oxygens (including phenoxy) is 1. The van der Waals surface area contributed by atoms with Crippen LogP contribution in [0.4, 0.5) is 0 Å². The highest BCUT2D eigenvalue weighted by Crippen LogP contribution is 2.22. The summed E-state index contributed by atoms with van der Waals surface area (Å²) in [6.07, 6.45) is 1.83. The second-order valence-corrected chi connectivity index (χ2v) is 4.19.